The van der Waals surface area contributed by atoms with Gasteiger partial charge < -0.3 is 15.8 Å². The van der Waals surface area contributed by atoms with Crippen LogP contribution >= 0.6 is 0 Å². The van der Waals surface area contributed by atoms with Crippen molar-refractivity contribution in [2.24, 2.45) is 0 Å². The first-order valence-corrected chi connectivity index (χ1v) is 6.63. The third-order valence-electron chi connectivity index (χ3n) is 2.91. The minimum atomic E-state index is -0.924. The van der Waals surface area contributed by atoms with Crippen molar-refractivity contribution in [2.75, 3.05) is 17.7 Å². The van der Waals surface area contributed by atoms with E-state index in [0.717, 1.165) is 12.1 Å². The Morgan fingerprint density at radius 3 is 2.67 bits per heavy atom. The number of rotatable bonds is 5. The Labute approximate surface area is 135 Å². The highest BCUT2D eigenvalue weighted by Crippen LogP contribution is 2.22. The average Bonchev–Trinajstić information content (AvgIpc) is 2.52. The Bertz CT molecular complexity index is 809. The van der Waals surface area contributed by atoms with Crippen molar-refractivity contribution in [3.63, 3.8) is 0 Å². The summed E-state index contributed by atoms with van der Waals surface area (Å²) in [5, 5.41) is 13.1. The highest BCUT2D eigenvalue weighted by Gasteiger charge is 2.17. The maximum absolute atomic E-state index is 13.0. The Balaban J connectivity index is 1.96. The molecule has 124 valence electrons. The van der Waals surface area contributed by atoms with E-state index in [1.54, 1.807) is 0 Å². The lowest BCUT2D eigenvalue weighted by atomic mass is 10.2. The van der Waals surface area contributed by atoms with Crippen LogP contribution in [0.3, 0.4) is 0 Å². The normalized spacial score (nSPS) is 10.0. The number of anilines is 2. The fourth-order valence-electron chi connectivity index (χ4n) is 1.81. The first-order chi connectivity index (χ1) is 11.4. The number of benzene rings is 2. The van der Waals surface area contributed by atoms with E-state index in [4.69, 9.17) is 10.5 Å². The van der Waals surface area contributed by atoms with E-state index < -0.39 is 34.9 Å². The molecule has 9 heteroatoms. The maximum Gasteiger partial charge on any atom is 0.338 e. The van der Waals surface area contributed by atoms with Crippen LogP contribution in [-0.4, -0.2) is 23.4 Å². The molecule has 8 nitrogen and oxygen atoms in total. The summed E-state index contributed by atoms with van der Waals surface area (Å²) in [5.74, 6) is -2.13. The van der Waals surface area contributed by atoms with Gasteiger partial charge in [-0.05, 0) is 30.3 Å². The second kappa shape index (κ2) is 7.18. The van der Waals surface area contributed by atoms with Crippen molar-refractivity contribution in [1.82, 2.24) is 0 Å². The number of amides is 1. The number of hydrogen-bond acceptors (Lipinski definition) is 6. The lowest BCUT2D eigenvalue weighted by molar-refractivity contribution is -0.383. The fourth-order valence-corrected chi connectivity index (χ4v) is 1.81. The Morgan fingerprint density at radius 2 is 2.00 bits per heavy atom. The minimum absolute atomic E-state index is 0.0969. The van der Waals surface area contributed by atoms with Crippen LogP contribution in [-0.2, 0) is 9.53 Å². The van der Waals surface area contributed by atoms with Gasteiger partial charge in [0.1, 0.15) is 11.5 Å². The quantitative estimate of drug-likeness (QED) is 0.374. The summed E-state index contributed by atoms with van der Waals surface area (Å²) in [6.45, 7) is -0.631. The summed E-state index contributed by atoms with van der Waals surface area (Å²) in [7, 11) is 0. The highest BCUT2D eigenvalue weighted by molar-refractivity contribution is 5.96. The van der Waals surface area contributed by atoms with Crippen LogP contribution in [0.5, 0.6) is 0 Å². The molecule has 3 N–H and O–H groups in total. The maximum atomic E-state index is 13.0. The van der Waals surface area contributed by atoms with Gasteiger partial charge in [0.15, 0.2) is 6.61 Å². The molecule has 0 aliphatic rings. The van der Waals surface area contributed by atoms with Crippen LogP contribution in [0.15, 0.2) is 42.5 Å². The fraction of sp³-hybridized carbons (Fsp3) is 0.0667. The molecule has 0 unspecified atom stereocenters. The molecule has 0 aromatic heterocycles. The summed E-state index contributed by atoms with van der Waals surface area (Å²) >= 11 is 0. The number of nitrogens with one attached hydrogen (secondary N) is 1. The van der Waals surface area contributed by atoms with Crippen LogP contribution < -0.4 is 11.1 Å². The van der Waals surface area contributed by atoms with Crippen molar-refractivity contribution >= 4 is 28.9 Å². The average molecular weight is 333 g/mol. The molecule has 0 aliphatic heterocycles. The summed E-state index contributed by atoms with van der Waals surface area (Å²) < 4.78 is 17.7. The van der Waals surface area contributed by atoms with Gasteiger partial charge in [0, 0.05) is 11.8 Å². The predicted molar refractivity (Wildman–Crippen MR) is 82.8 cm³/mol. The SMILES string of the molecule is Nc1ccc(C(=O)OCC(=O)Nc2cccc(F)c2)cc1[N+](=O)[O-]. The Hall–Kier alpha value is -3.49. The van der Waals surface area contributed by atoms with Crippen LogP contribution in [0.25, 0.3) is 0 Å². The zero-order chi connectivity index (χ0) is 17.7. The van der Waals surface area contributed by atoms with E-state index in [1.807, 2.05) is 0 Å². The summed E-state index contributed by atoms with van der Waals surface area (Å²) in [6.07, 6.45) is 0. The molecule has 0 heterocycles. The molecular formula is C15H12FN3O5. The molecule has 0 aliphatic carbocycles. The first-order valence-electron chi connectivity index (χ1n) is 6.63. The van der Waals surface area contributed by atoms with E-state index in [2.05, 4.69) is 5.32 Å². The third kappa shape index (κ3) is 4.26. The van der Waals surface area contributed by atoms with Crippen LogP contribution in [0, 0.1) is 15.9 Å². The molecule has 0 spiro atoms. The number of ether oxygens (including phenoxy) is 1. The molecule has 2 aromatic carbocycles. The molecule has 1 amide bonds. The molecule has 2 rings (SSSR count). The standard InChI is InChI=1S/C15H12FN3O5/c16-10-2-1-3-11(7-10)18-14(20)8-24-15(21)9-4-5-12(17)13(6-9)19(22)23/h1-7H,8,17H2,(H,18,20). The number of hydrogen-bond donors (Lipinski definition) is 2. The minimum Gasteiger partial charge on any atom is -0.452 e. The molecule has 0 atom stereocenters. The van der Waals surface area contributed by atoms with Gasteiger partial charge in [-0.1, -0.05) is 6.07 Å². The van der Waals surface area contributed by atoms with Crippen molar-refractivity contribution in [3.05, 3.63) is 64.0 Å². The predicted octanol–water partition coefficient (Wildman–Crippen LogP) is 2.11. The van der Waals surface area contributed by atoms with E-state index >= 15 is 0 Å². The van der Waals surface area contributed by atoms with Crippen LogP contribution in [0.2, 0.25) is 0 Å². The molecule has 0 radical (unpaired) electrons. The summed E-state index contributed by atoms with van der Waals surface area (Å²) in [5.41, 5.74) is 4.98. The number of carbonyl (C=O) groups excluding carboxylic acids is 2. The molecule has 24 heavy (non-hydrogen) atoms. The van der Waals surface area contributed by atoms with E-state index in [0.29, 0.717) is 0 Å². The first kappa shape index (κ1) is 16.9. The van der Waals surface area contributed by atoms with E-state index in [1.165, 1.54) is 30.3 Å². The number of nitro groups is 1. The zero-order valence-corrected chi connectivity index (χ0v) is 12.2. The lowest BCUT2D eigenvalue weighted by Crippen LogP contribution is -2.21. The third-order valence-corrected chi connectivity index (χ3v) is 2.91. The molecule has 0 bridgehead atoms. The van der Waals surface area contributed by atoms with Crippen LogP contribution in [0.1, 0.15) is 10.4 Å². The second-order valence-electron chi connectivity index (χ2n) is 4.67. The van der Waals surface area contributed by atoms with Crippen molar-refractivity contribution in [3.8, 4) is 0 Å². The number of esters is 1. The van der Waals surface area contributed by atoms with Gasteiger partial charge in [-0.15, -0.1) is 0 Å². The number of nitrogens with two attached hydrogens (primary N) is 1. The van der Waals surface area contributed by atoms with Crippen molar-refractivity contribution in [1.29, 1.82) is 0 Å². The van der Waals surface area contributed by atoms with Gasteiger partial charge in [-0.25, -0.2) is 9.18 Å². The lowest BCUT2D eigenvalue weighted by Gasteiger charge is -2.07. The number of halogens is 1. The monoisotopic (exact) mass is 333 g/mol. The Morgan fingerprint density at radius 1 is 1.25 bits per heavy atom. The van der Waals surface area contributed by atoms with Gasteiger partial charge in [-0.2, -0.15) is 0 Å². The van der Waals surface area contributed by atoms with Gasteiger partial charge in [0.25, 0.3) is 11.6 Å². The van der Waals surface area contributed by atoms with Crippen LogP contribution in [0.4, 0.5) is 21.5 Å². The van der Waals surface area contributed by atoms with Gasteiger partial charge in [-0.3, -0.25) is 14.9 Å². The Kier molecular flexibility index (Phi) is 5.05. The van der Waals surface area contributed by atoms with Crippen molar-refractivity contribution in [2.45, 2.75) is 0 Å². The largest absolute Gasteiger partial charge is 0.452 e. The smallest absolute Gasteiger partial charge is 0.338 e. The molecular weight excluding hydrogens is 321 g/mol. The summed E-state index contributed by atoms with van der Waals surface area (Å²) in [4.78, 5) is 33.5. The molecule has 0 fully saturated rings. The molecule has 0 saturated heterocycles. The summed E-state index contributed by atoms with van der Waals surface area (Å²) in [6, 6.07) is 8.59. The molecule has 0 saturated carbocycles. The van der Waals surface area contributed by atoms with E-state index in [-0.39, 0.29) is 16.9 Å². The zero-order valence-electron chi connectivity index (χ0n) is 12.2. The number of carbonyl (C=O) groups is 2. The number of nitrogens with zero attached hydrogens (tertiary/aromatic N) is 1. The second-order valence-corrected chi connectivity index (χ2v) is 4.67. The number of nitrogen functional groups attached to an aromatic ring is 1. The van der Waals surface area contributed by atoms with Crippen molar-refractivity contribution < 1.29 is 23.6 Å². The number of nitro benzene ring substituents is 1. The van der Waals surface area contributed by atoms with Gasteiger partial charge >= 0.3 is 5.97 Å². The molecule has 2 aromatic rings. The highest BCUT2D eigenvalue weighted by atomic mass is 19.1. The van der Waals surface area contributed by atoms with Gasteiger partial charge in [0.05, 0.1) is 10.5 Å². The topological polar surface area (TPSA) is 125 Å². The van der Waals surface area contributed by atoms with E-state index in [9.17, 15) is 24.1 Å². The van der Waals surface area contributed by atoms with Gasteiger partial charge in [0.2, 0.25) is 0 Å².